The summed E-state index contributed by atoms with van der Waals surface area (Å²) in [5, 5.41) is 1.06. The highest BCUT2D eigenvalue weighted by molar-refractivity contribution is 6.30. The Morgan fingerprint density at radius 2 is 2.11 bits per heavy atom. The molecule has 18 heavy (non-hydrogen) atoms. The Labute approximate surface area is 111 Å². The van der Waals surface area contributed by atoms with Crippen LogP contribution in [0.15, 0.2) is 30.3 Å². The number of carbonyl (C=O) groups excluding carboxylic acids is 1. The standard InChI is InChI=1S/C14H14ClNO2/c1-9(2)8-18-14(17)11-7-13(15)16-12-6-4-3-5-10(11)12/h3-7,9H,8H2,1-2H3. The number of hydrogen-bond acceptors (Lipinski definition) is 3. The maximum Gasteiger partial charge on any atom is 0.338 e. The number of benzene rings is 1. The lowest BCUT2D eigenvalue weighted by molar-refractivity contribution is 0.0461. The van der Waals surface area contributed by atoms with E-state index in [2.05, 4.69) is 4.98 Å². The van der Waals surface area contributed by atoms with Crippen molar-refractivity contribution in [3.63, 3.8) is 0 Å². The fourth-order valence-corrected chi connectivity index (χ4v) is 1.83. The van der Waals surface area contributed by atoms with E-state index in [4.69, 9.17) is 16.3 Å². The average Bonchev–Trinajstić information content (AvgIpc) is 2.34. The van der Waals surface area contributed by atoms with Crippen molar-refractivity contribution in [2.45, 2.75) is 13.8 Å². The predicted octanol–water partition coefficient (Wildman–Crippen LogP) is 3.70. The Kier molecular flexibility index (Phi) is 3.82. The van der Waals surface area contributed by atoms with Crippen LogP contribution in [0.5, 0.6) is 0 Å². The van der Waals surface area contributed by atoms with Gasteiger partial charge < -0.3 is 4.74 Å². The monoisotopic (exact) mass is 263 g/mol. The van der Waals surface area contributed by atoms with Gasteiger partial charge in [0.1, 0.15) is 5.15 Å². The van der Waals surface area contributed by atoms with Crippen molar-refractivity contribution < 1.29 is 9.53 Å². The summed E-state index contributed by atoms with van der Waals surface area (Å²) in [4.78, 5) is 16.2. The second-order valence-corrected chi connectivity index (χ2v) is 4.89. The lowest BCUT2D eigenvalue weighted by Crippen LogP contribution is -2.11. The zero-order valence-electron chi connectivity index (χ0n) is 10.3. The maximum absolute atomic E-state index is 12.0. The number of carbonyl (C=O) groups is 1. The Morgan fingerprint density at radius 1 is 1.39 bits per heavy atom. The summed E-state index contributed by atoms with van der Waals surface area (Å²) in [6.07, 6.45) is 0. The van der Waals surface area contributed by atoms with E-state index >= 15 is 0 Å². The molecular formula is C14H14ClNO2. The number of fused-ring (bicyclic) bond motifs is 1. The van der Waals surface area contributed by atoms with Gasteiger partial charge in [0, 0.05) is 5.39 Å². The molecule has 0 spiro atoms. The first kappa shape index (κ1) is 12.8. The van der Waals surface area contributed by atoms with E-state index in [1.54, 1.807) is 6.07 Å². The zero-order valence-corrected chi connectivity index (χ0v) is 11.1. The molecule has 94 valence electrons. The summed E-state index contributed by atoms with van der Waals surface area (Å²) < 4.78 is 5.23. The minimum Gasteiger partial charge on any atom is -0.462 e. The lowest BCUT2D eigenvalue weighted by Gasteiger charge is -2.09. The molecule has 0 radical (unpaired) electrons. The molecule has 0 N–H and O–H groups in total. The van der Waals surface area contributed by atoms with Crippen molar-refractivity contribution in [2.24, 2.45) is 5.92 Å². The lowest BCUT2D eigenvalue weighted by atomic mass is 10.1. The van der Waals surface area contributed by atoms with Gasteiger partial charge >= 0.3 is 5.97 Å². The summed E-state index contributed by atoms with van der Waals surface area (Å²) in [7, 11) is 0. The molecular weight excluding hydrogens is 250 g/mol. The van der Waals surface area contributed by atoms with Crippen molar-refractivity contribution in [2.75, 3.05) is 6.61 Å². The SMILES string of the molecule is CC(C)COC(=O)c1cc(Cl)nc2ccccc12. The summed E-state index contributed by atoms with van der Waals surface area (Å²) >= 11 is 5.91. The van der Waals surface area contributed by atoms with Gasteiger partial charge in [0.2, 0.25) is 0 Å². The van der Waals surface area contributed by atoms with Crippen molar-refractivity contribution in [3.05, 3.63) is 41.0 Å². The highest BCUT2D eigenvalue weighted by Gasteiger charge is 2.14. The molecule has 0 aliphatic heterocycles. The minimum atomic E-state index is -0.357. The number of ether oxygens (including phenoxy) is 1. The fourth-order valence-electron chi connectivity index (χ4n) is 1.63. The van der Waals surface area contributed by atoms with Gasteiger partial charge in [-0.2, -0.15) is 0 Å². The van der Waals surface area contributed by atoms with Crippen LogP contribution in [0, 0.1) is 5.92 Å². The van der Waals surface area contributed by atoms with Gasteiger partial charge in [0.25, 0.3) is 0 Å². The third kappa shape index (κ3) is 2.79. The van der Waals surface area contributed by atoms with Gasteiger partial charge in [-0.05, 0) is 18.1 Å². The van der Waals surface area contributed by atoms with Gasteiger partial charge in [0.15, 0.2) is 0 Å². The number of pyridine rings is 1. The van der Waals surface area contributed by atoms with Crippen molar-refractivity contribution in [3.8, 4) is 0 Å². The van der Waals surface area contributed by atoms with Crippen LogP contribution >= 0.6 is 11.6 Å². The summed E-state index contributed by atoms with van der Waals surface area (Å²) in [5.74, 6) is -0.0540. The molecule has 0 aliphatic carbocycles. The third-order valence-electron chi connectivity index (χ3n) is 2.45. The number of rotatable bonds is 3. The molecule has 0 fully saturated rings. The zero-order chi connectivity index (χ0) is 13.1. The number of hydrogen-bond donors (Lipinski definition) is 0. The summed E-state index contributed by atoms with van der Waals surface area (Å²) in [5.41, 5.74) is 1.16. The van der Waals surface area contributed by atoms with E-state index in [9.17, 15) is 4.79 Å². The normalized spacial score (nSPS) is 10.9. The van der Waals surface area contributed by atoms with Crippen LogP contribution in [-0.4, -0.2) is 17.6 Å². The Bertz CT molecular complexity index is 581. The van der Waals surface area contributed by atoms with Crippen LogP contribution in [-0.2, 0) is 4.74 Å². The summed E-state index contributed by atoms with van der Waals surface area (Å²) in [6.45, 7) is 4.38. The van der Waals surface area contributed by atoms with Crippen molar-refractivity contribution in [1.29, 1.82) is 0 Å². The molecule has 0 amide bonds. The van der Waals surface area contributed by atoms with E-state index in [-0.39, 0.29) is 5.97 Å². The Balaban J connectivity index is 2.40. The number of aromatic nitrogens is 1. The highest BCUT2D eigenvalue weighted by atomic mass is 35.5. The number of halogens is 1. The topological polar surface area (TPSA) is 39.2 Å². The van der Waals surface area contributed by atoms with E-state index in [0.29, 0.717) is 28.8 Å². The minimum absolute atomic E-state index is 0.296. The van der Waals surface area contributed by atoms with E-state index in [1.165, 1.54) is 0 Å². The molecule has 2 aromatic rings. The molecule has 0 saturated carbocycles. The number of esters is 1. The molecule has 0 unspecified atom stereocenters. The predicted molar refractivity (Wildman–Crippen MR) is 71.9 cm³/mol. The third-order valence-corrected chi connectivity index (χ3v) is 2.65. The van der Waals surface area contributed by atoms with Crippen LogP contribution in [0.25, 0.3) is 10.9 Å². The number of para-hydroxylation sites is 1. The van der Waals surface area contributed by atoms with Gasteiger partial charge in [0.05, 0.1) is 17.7 Å². The van der Waals surface area contributed by atoms with Crippen LogP contribution in [0.1, 0.15) is 24.2 Å². The van der Waals surface area contributed by atoms with Crippen molar-refractivity contribution >= 4 is 28.5 Å². The first-order chi connectivity index (χ1) is 8.58. The molecule has 0 saturated heterocycles. The van der Waals surface area contributed by atoms with E-state index in [1.807, 2.05) is 38.1 Å². The second-order valence-electron chi connectivity index (χ2n) is 4.50. The molecule has 2 rings (SSSR count). The maximum atomic E-state index is 12.0. The quantitative estimate of drug-likeness (QED) is 0.626. The van der Waals surface area contributed by atoms with Crippen LogP contribution in [0.4, 0.5) is 0 Å². The van der Waals surface area contributed by atoms with Gasteiger partial charge in [-0.1, -0.05) is 43.6 Å². The van der Waals surface area contributed by atoms with Crippen molar-refractivity contribution in [1.82, 2.24) is 4.98 Å². The Morgan fingerprint density at radius 3 is 2.83 bits per heavy atom. The van der Waals surface area contributed by atoms with Crippen LogP contribution in [0.2, 0.25) is 5.15 Å². The van der Waals surface area contributed by atoms with Gasteiger partial charge in [-0.15, -0.1) is 0 Å². The largest absolute Gasteiger partial charge is 0.462 e. The fraction of sp³-hybridized carbons (Fsp3) is 0.286. The molecule has 3 nitrogen and oxygen atoms in total. The first-order valence-corrected chi connectivity index (χ1v) is 6.18. The molecule has 0 aliphatic rings. The number of nitrogens with zero attached hydrogens (tertiary/aromatic N) is 1. The molecule has 4 heteroatoms. The average molecular weight is 264 g/mol. The van der Waals surface area contributed by atoms with Gasteiger partial charge in [-0.3, -0.25) is 0 Å². The Hall–Kier alpha value is -1.61. The molecule has 0 bridgehead atoms. The molecule has 1 heterocycles. The highest BCUT2D eigenvalue weighted by Crippen LogP contribution is 2.21. The molecule has 1 aromatic carbocycles. The van der Waals surface area contributed by atoms with E-state index < -0.39 is 0 Å². The van der Waals surface area contributed by atoms with E-state index in [0.717, 1.165) is 5.39 Å². The smallest absolute Gasteiger partial charge is 0.338 e. The van der Waals surface area contributed by atoms with Crippen LogP contribution < -0.4 is 0 Å². The molecule has 1 aromatic heterocycles. The summed E-state index contributed by atoms with van der Waals surface area (Å²) in [6, 6.07) is 8.92. The second kappa shape index (κ2) is 5.36. The van der Waals surface area contributed by atoms with Gasteiger partial charge in [-0.25, -0.2) is 9.78 Å². The van der Waals surface area contributed by atoms with Crippen LogP contribution in [0.3, 0.4) is 0 Å². The first-order valence-electron chi connectivity index (χ1n) is 5.80. The molecule has 0 atom stereocenters.